The summed E-state index contributed by atoms with van der Waals surface area (Å²) in [5, 5.41) is 20.1. The van der Waals surface area contributed by atoms with Gasteiger partial charge in [0.15, 0.2) is 17.8 Å². The van der Waals surface area contributed by atoms with Crippen LogP contribution in [0.1, 0.15) is 6.23 Å². The van der Waals surface area contributed by atoms with Crippen LogP contribution < -0.4 is 35.7 Å². The molecule has 2 rings (SSSR count). The third kappa shape index (κ3) is 6.87. The smallest absolute Gasteiger partial charge is 0.351 e. The van der Waals surface area contributed by atoms with Crippen LogP contribution in [-0.4, -0.2) is 51.8 Å². The summed E-state index contributed by atoms with van der Waals surface area (Å²) >= 11 is 0. The highest BCUT2D eigenvalue weighted by Gasteiger charge is 2.45. The number of aromatic nitrogens is 2. The number of hydrogen-bond acceptors (Lipinski definition) is 17. The molecule has 178 valence electrons. The van der Waals surface area contributed by atoms with E-state index in [2.05, 4.69) is 18.1 Å². The van der Waals surface area contributed by atoms with Crippen molar-refractivity contribution in [2.24, 2.45) is 0 Å². The molecule has 21 heteroatoms. The van der Waals surface area contributed by atoms with E-state index in [0.717, 1.165) is 6.20 Å². The maximum atomic E-state index is 12.0. The Hall–Kier alpha value is -1.23. The van der Waals surface area contributed by atoms with E-state index < -0.39 is 60.3 Å². The van der Waals surface area contributed by atoms with Crippen molar-refractivity contribution in [3.63, 3.8) is 0 Å². The van der Waals surface area contributed by atoms with Gasteiger partial charge in [-0.15, -0.1) is 0 Å². The zero-order valence-electron chi connectivity index (χ0n) is 15.1. The van der Waals surface area contributed by atoms with Crippen LogP contribution in [-0.2, 0) is 31.6 Å². The summed E-state index contributed by atoms with van der Waals surface area (Å²) in [6.45, 7) is -1.17. The minimum atomic E-state index is -6.18. The molecule has 1 aliphatic heterocycles. The Morgan fingerprint density at radius 1 is 1.16 bits per heavy atom. The molecule has 0 radical (unpaired) electrons. The van der Waals surface area contributed by atoms with Gasteiger partial charge in [0.1, 0.15) is 18.3 Å². The van der Waals surface area contributed by atoms with Crippen LogP contribution in [0.4, 0.5) is 5.82 Å². The highest BCUT2D eigenvalue weighted by atomic mass is 31.3. The first-order chi connectivity index (χ1) is 14.1. The average Bonchev–Trinajstić information content (AvgIpc) is 2.85. The lowest BCUT2D eigenvalue weighted by atomic mass is 10.1. The van der Waals surface area contributed by atoms with Crippen molar-refractivity contribution in [1.29, 1.82) is 0 Å². The summed E-state index contributed by atoms with van der Waals surface area (Å²) in [5.74, 6) is -0.381. The van der Waals surface area contributed by atoms with E-state index in [0.29, 0.717) is 4.57 Å². The molecular formula is C10H14N3O15P3-4. The fourth-order valence-corrected chi connectivity index (χ4v) is 5.21. The van der Waals surface area contributed by atoms with E-state index in [-0.39, 0.29) is 11.6 Å². The lowest BCUT2D eigenvalue weighted by molar-refractivity contribution is -0.339. The van der Waals surface area contributed by atoms with Gasteiger partial charge >= 0.3 is 5.69 Å². The Kier molecular flexibility index (Phi) is 7.83. The maximum Gasteiger partial charge on any atom is 0.351 e. The first kappa shape index (κ1) is 26.0. The predicted octanol–water partition coefficient (Wildman–Crippen LogP) is -4.73. The highest BCUT2D eigenvalue weighted by molar-refractivity contribution is 7.64. The molecule has 0 amide bonds. The molecule has 0 saturated carbocycles. The molecule has 0 aliphatic carbocycles. The van der Waals surface area contributed by atoms with Gasteiger partial charge in [0.05, 0.1) is 27.7 Å². The summed E-state index contributed by atoms with van der Waals surface area (Å²) in [4.78, 5) is 58.6. The maximum absolute atomic E-state index is 12.0. The molecule has 0 aromatic carbocycles. The third-order valence-electron chi connectivity index (χ3n) is 3.57. The van der Waals surface area contributed by atoms with E-state index in [9.17, 15) is 48.3 Å². The fourth-order valence-electron chi connectivity index (χ4n) is 2.35. The molecule has 18 nitrogen and oxygen atoms in total. The second kappa shape index (κ2) is 9.33. The van der Waals surface area contributed by atoms with Gasteiger partial charge in [-0.1, -0.05) is 0 Å². The molecule has 1 saturated heterocycles. The van der Waals surface area contributed by atoms with Crippen molar-refractivity contribution in [3.8, 4) is 5.75 Å². The van der Waals surface area contributed by atoms with Gasteiger partial charge in [-0.2, -0.15) is 4.98 Å². The lowest BCUT2D eigenvalue weighted by Gasteiger charge is -2.37. The lowest BCUT2D eigenvalue weighted by Crippen LogP contribution is -2.36. The molecule has 6 unspecified atom stereocenters. The Bertz CT molecular complexity index is 1010. The van der Waals surface area contributed by atoms with Gasteiger partial charge in [-0.3, -0.25) is 18.0 Å². The van der Waals surface area contributed by atoms with E-state index in [1.807, 2.05) is 0 Å². The first-order valence-corrected chi connectivity index (χ1v) is 12.1. The molecular weight excluding hydrogens is 495 g/mol. The van der Waals surface area contributed by atoms with Gasteiger partial charge < -0.3 is 54.1 Å². The minimum absolute atomic E-state index is 0.0951. The zero-order valence-corrected chi connectivity index (χ0v) is 17.8. The zero-order chi connectivity index (χ0) is 23.8. The largest absolute Gasteiger partial charge is 0.790 e. The highest BCUT2D eigenvalue weighted by Crippen LogP contribution is 2.60. The summed E-state index contributed by atoms with van der Waals surface area (Å²) < 4.78 is 54.1. The number of anilines is 1. The van der Waals surface area contributed by atoms with Crippen molar-refractivity contribution in [2.75, 3.05) is 19.5 Å². The van der Waals surface area contributed by atoms with Crippen LogP contribution in [0.3, 0.4) is 0 Å². The minimum Gasteiger partial charge on any atom is -0.790 e. The number of phosphoric ester groups is 1. The molecule has 31 heavy (non-hydrogen) atoms. The van der Waals surface area contributed by atoms with Crippen LogP contribution in [0.25, 0.3) is 0 Å². The Labute approximate surface area is 172 Å². The number of hydrogen-bond donors (Lipinski definition) is 3. The molecule has 2 heterocycles. The van der Waals surface area contributed by atoms with E-state index in [4.69, 9.17) is 15.2 Å². The quantitative estimate of drug-likeness (QED) is 0.263. The number of aliphatic hydroxyl groups is 2. The molecule has 1 aliphatic rings. The van der Waals surface area contributed by atoms with Gasteiger partial charge in [-0.05, 0) is 0 Å². The third-order valence-corrected chi connectivity index (χ3v) is 7.24. The number of rotatable bonds is 9. The van der Waals surface area contributed by atoms with Crippen LogP contribution in [0.2, 0.25) is 0 Å². The summed E-state index contributed by atoms with van der Waals surface area (Å²) in [5.41, 5.74) is 4.43. The summed E-state index contributed by atoms with van der Waals surface area (Å²) in [6, 6.07) is 0. The molecule has 6 atom stereocenters. The number of nitrogens with two attached hydrogens (primary N) is 1. The predicted molar refractivity (Wildman–Crippen MR) is 86.3 cm³/mol. The van der Waals surface area contributed by atoms with Gasteiger partial charge in [0.25, 0.3) is 15.6 Å². The summed E-state index contributed by atoms with van der Waals surface area (Å²) in [7, 11) is -17.0. The van der Waals surface area contributed by atoms with E-state index in [1.54, 1.807) is 0 Å². The Morgan fingerprint density at radius 3 is 2.32 bits per heavy atom. The SMILES string of the molecule is COc1cn(C2OC(COP(=O)([O-])OP(=O)([O-])OP(=O)([O-])[O-])C(O)C2O)c(=O)nc1N. The summed E-state index contributed by atoms with van der Waals surface area (Å²) in [6.07, 6.45) is -5.98. The van der Waals surface area contributed by atoms with E-state index >= 15 is 0 Å². The monoisotopic (exact) mass is 509 g/mol. The fraction of sp³-hybridized carbons (Fsp3) is 0.600. The van der Waals surface area contributed by atoms with Crippen LogP contribution in [0, 0.1) is 0 Å². The number of aliphatic hydroxyl groups excluding tert-OH is 2. The van der Waals surface area contributed by atoms with E-state index in [1.165, 1.54) is 7.11 Å². The number of phosphoric acid groups is 3. The Morgan fingerprint density at radius 2 is 1.77 bits per heavy atom. The van der Waals surface area contributed by atoms with Crippen LogP contribution >= 0.6 is 23.5 Å². The van der Waals surface area contributed by atoms with Crippen molar-refractivity contribution in [3.05, 3.63) is 16.7 Å². The molecule has 1 aromatic heterocycles. The van der Waals surface area contributed by atoms with Gasteiger partial charge in [0, 0.05) is 0 Å². The first-order valence-electron chi connectivity index (χ1n) is 7.71. The molecule has 0 bridgehead atoms. The number of nitrogens with zero attached hydrogens (tertiary/aromatic N) is 2. The molecule has 1 aromatic rings. The van der Waals surface area contributed by atoms with Crippen molar-refractivity contribution >= 4 is 29.3 Å². The van der Waals surface area contributed by atoms with Gasteiger partial charge in [-0.25, -0.2) is 9.11 Å². The van der Waals surface area contributed by atoms with Crippen LogP contribution in [0.15, 0.2) is 11.0 Å². The average molecular weight is 509 g/mol. The Balaban J connectivity index is 2.11. The number of ether oxygens (including phenoxy) is 2. The van der Waals surface area contributed by atoms with Crippen molar-refractivity contribution < 1.29 is 66.1 Å². The number of methoxy groups -OCH3 is 1. The van der Waals surface area contributed by atoms with Crippen molar-refractivity contribution in [1.82, 2.24) is 9.55 Å². The normalized spacial score (nSPS) is 28.1. The standard InChI is InChI=1S/C10H18N3O15P3/c1-24-4-2-13(10(16)12-8(4)11)9-7(15)6(14)5(26-9)3-25-30(20,21)28-31(22,23)27-29(17,18)19/h2,5-7,9,14-15H,3H2,1H3,(H,20,21)(H,22,23)(H2,11,12,16)(H2,17,18,19)/p-4. The molecule has 1 fully saturated rings. The van der Waals surface area contributed by atoms with Gasteiger partial charge in [0.2, 0.25) is 0 Å². The molecule has 4 N–H and O–H groups in total. The molecule has 0 spiro atoms. The van der Waals surface area contributed by atoms with Crippen molar-refractivity contribution in [2.45, 2.75) is 24.5 Å². The topological polar surface area (TPSA) is 291 Å². The second-order valence-electron chi connectivity index (χ2n) is 5.73. The second-order valence-corrected chi connectivity index (χ2v) is 9.98. The van der Waals surface area contributed by atoms with Crippen LogP contribution in [0.5, 0.6) is 5.75 Å². The number of nitrogen functional groups attached to an aromatic ring is 1.